The molecule has 2 rings (SSSR count). The van der Waals surface area contributed by atoms with Gasteiger partial charge in [-0.1, -0.05) is 39.0 Å². The fourth-order valence-electron chi connectivity index (χ4n) is 1.56. The minimum Gasteiger partial charge on any atom is -1.00 e. The molecule has 0 aliphatic carbocycles. The first-order chi connectivity index (χ1) is 5.68. The maximum atomic E-state index is 3.49. The molecule has 0 nitrogen and oxygen atoms in total. The van der Waals surface area contributed by atoms with Crippen LogP contribution in [0.4, 0.5) is 0 Å². The molecular weight excluding hydrogens is 410 g/mol. The number of aryl methyl sites for hydroxylation is 2. The zero-order valence-corrected chi connectivity index (χ0v) is 15.1. The molecule has 0 atom stereocenters. The van der Waals surface area contributed by atoms with Gasteiger partial charge < -0.3 is 37.2 Å². The van der Waals surface area contributed by atoms with Crippen LogP contribution >= 0.6 is 15.9 Å². The van der Waals surface area contributed by atoms with E-state index in [4.69, 9.17) is 0 Å². The fraction of sp³-hybridized carbons (Fsp3) is 0.182. The van der Waals surface area contributed by atoms with Crippen LogP contribution in [0.15, 0.2) is 28.7 Å². The smallest absolute Gasteiger partial charge is 1.00 e. The minimum absolute atomic E-state index is 0. The Morgan fingerprint density at radius 1 is 1.00 bits per heavy atom. The summed E-state index contributed by atoms with van der Waals surface area (Å²) in [5, 5.41) is 2.73. The first kappa shape index (κ1) is 22.3. The summed E-state index contributed by atoms with van der Waals surface area (Å²) in [4.78, 5) is 0. The van der Waals surface area contributed by atoms with Crippen molar-refractivity contribution in [2.45, 2.75) is 13.8 Å². The largest absolute Gasteiger partial charge is 4.00 e. The van der Waals surface area contributed by atoms with Crippen LogP contribution in [0, 0.1) is 13.8 Å². The van der Waals surface area contributed by atoms with Crippen LogP contribution in [-0.4, -0.2) is 0 Å². The molecule has 0 bridgehead atoms. The van der Waals surface area contributed by atoms with Crippen LogP contribution in [0.3, 0.4) is 0 Å². The van der Waals surface area contributed by atoms with Crippen molar-refractivity contribution in [1.82, 2.24) is 0 Å². The molecule has 16 heavy (non-hydrogen) atoms. The molecule has 0 fully saturated rings. The molecule has 2 aromatic rings. The van der Waals surface area contributed by atoms with Gasteiger partial charge >= 0.3 is 26.2 Å². The van der Waals surface area contributed by atoms with Crippen molar-refractivity contribution in [1.29, 1.82) is 0 Å². The van der Waals surface area contributed by atoms with Crippen molar-refractivity contribution < 1.29 is 63.4 Å². The van der Waals surface area contributed by atoms with Gasteiger partial charge in [-0.15, -0.1) is 28.5 Å². The van der Waals surface area contributed by atoms with Crippen LogP contribution in [0.25, 0.3) is 10.8 Å². The second-order valence-electron chi connectivity index (χ2n) is 3.20. The Morgan fingerprint density at radius 2 is 1.50 bits per heavy atom. The van der Waals surface area contributed by atoms with E-state index in [-0.39, 0.29) is 63.4 Å². The molecule has 0 radical (unpaired) electrons. The van der Waals surface area contributed by atoms with Gasteiger partial charge in [0, 0.05) is 0 Å². The number of halogens is 4. The molecule has 0 saturated heterocycles. The summed E-state index contributed by atoms with van der Waals surface area (Å²) in [5.41, 5.74) is 2.70. The summed E-state index contributed by atoms with van der Waals surface area (Å²) < 4.78 is 1.18. The summed E-state index contributed by atoms with van der Waals surface area (Å²) in [5.74, 6) is 0. The topological polar surface area (TPSA) is 0 Å². The van der Waals surface area contributed by atoms with E-state index in [0.29, 0.717) is 0 Å². The van der Waals surface area contributed by atoms with Gasteiger partial charge in [-0.05, 0) is 6.92 Å². The van der Waals surface area contributed by atoms with Crippen molar-refractivity contribution in [3.8, 4) is 0 Å². The first-order valence-corrected chi connectivity index (χ1v) is 4.80. The number of rotatable bonds is 0. The van der Waals surface area contributed by atoms with Gasteiger partial charge in [0.2, 0.25) is 0 Å². The van der Waals surface area contributed by atoms with Gasteiger partial charge in [-0.3, -0.25) is 0 Å². The quantitative estimate of drug-likeness (QED) is 0.375. The van der Waals surface area contributed by atoms with Crippen molar-refractivity contribution in [3.05, 3.63) is 39.9 Å². The monoisotopic (exact) mass is 416 g/mol. The Bertz CT molecular complexity index is 401. The molecule has 2 aromatic carbocycles. The van der Waals surface area contributed by atoms with Crippen LogP contribution in [-0.2, 0) is 26.2 Å². The Balaban J connectivity index is -0.000000422. The van der Waals surface area contributed by atoms with E-state index in [0.717, 1.165) is 0 Å². The average Bonchev–Trinajstić information content (AvgIpc) is 2.41. The molecule has 0 N–H and O–H groups in total. The molecule has 0 unspecified atom stereocenters. The molecular formula is C11H10BrCl3Zr. The number of benzene rings is 1. The third-order valence-electron chi connectivity index (χ3n) is 2.29. The minimum atomic E-state index is 0. The predicted molar refractivity (Wildman–Crippen MR) is 56.7 cm³/mol. The zero-order valence-electron chi connectivity index (χ0n) is 8.82. The van der Waals surface area contributed by atoms with Gasteiger partial charge in [-0.2, -0.15) is 6.07 Å². The summed E-state index contributed by atoms with van der Waals surface area (Å²) in [6.45, 7) is 4.29. The molecule has 0 saturated carbocycles. The molecule has 5 heteroatoms. The summed E-state index contributed by atoms with van der Waals surface area (Å²) in [6, 6.07) is 8.70. The molecule has 0 spiro atoms. The average molecular weight is 420 g/mol. The van der Waals surface area contributed by atoms with Crippen LogP contribution < -0.4 is 37.2 Å². The van der Waals surface area contributed by atoms with E-state index in [2.05, 4.69) is 54.0 Å². The van der Waals surface area contributed by atoms with E-state index in [1.54, 1.807) is 0 Å². The number of hydrogen-bond acceptors (Lipinski definition) is 0. The van der Waals surface area contributed by atoms with E-state index in [9.17, 15) is 0 Å². The Hall–Kier alpha value is 1.06. The number of hydrogen-bond donors (Lipinski definition) is 0. The van der Waals surface area contributed by atoms with Crippen molar-refractivity contribution in [2.75, 3.05) is 0 Å². The van der Waals surface area contributed by atoms with Crippen LogP contribution in [0.1, 0.15) is 11.1 Å². The standard InChI is InChI=1S/C11H10Br.3ClH.Zr/c1-7-3-4-8(2)11-6-9(12)5-10(7)11;;;;/h3-6H,1-2H3;3*1H;/q-1;;;;+4/p-3. The van der Waals surface area contributed by atoms with Gasteiger partial charge in [0.25, 0.3) is 0 Å². The van der Waals surface area contributed by atoms with Crippen molar-refractivity contribution in [2.24, 2.45) is 0 Å². The number of fused-ring (bicyclic) bond motifs is 1. The van der Waals surface area contributed by atoms with Gasteiger partial charge in [0.05, 0.1) is 0 Å². The molecule has 86 valence electrons. The fourth-order valence-corrected chi connectivity index (χ4v) is 2.01. The van der Waals surface area contributed by atoms with Gasteiger partial charge in [0.1, 0.15) is 0 Å². The molecule has 0 aliphatic heterocycles. The molecule has 0 aromatic heterocycles. The van der Waals surface area contributed by atoms with Gasteiger partial charge in [-0.25, -0.2) is 0 Å². The Kier molecular flexibility index (Phi) is 12.6. The molecule has 0 amide bonds. The van der Waals surface area contributed by atoms with E-state index >= 15 is 0 Å². The summed E-state index contributed by atoms with van der Waals surface area (Å²) >= 11 is 3.49. The Labute approximate surface area is 142 Å². The first-order valence-electron chi connectivity index (χ1n) is 4.00. The summed E-state index contributed by atoms with van der Waals surface area (Å²) in [6.07, 6.45) is 0. The van der Waals surface area contributed by atoms with E-state index in [1.807, 2.05) is 0 Å². The second kappa shape index (κ2) is 9.05. The van der Waals surface area contributed by atoms with Crippen molar-refractivity contribution in [3.63, 3.8) is 0 Å². The second-order valence-corrected chi connectivity index (χ2v) is 4.12. The van der Waals surface area contributed by atoms with E-state index in [1.165, 1.54) is 26.4 Å². The molecule has 0 aliphatic rings. The zero-order chi connectivity index (χ0) is 8.72. The SMILES string of the molecule is Cc1ccc(C)c2[cH-]c(Br)cc12.[Cl-].[Cl-].[Cl-].[Zr+4]. The van der Waals surface area contributed by atoms with Gasteiger partial charge in [0.15, 0.2) is 0 Å². The Morgan fingerprint density at radius 3 is 2.00 bits per heavy atom. The van der Waals surface area contributed by atoms with Crippen molar-refractivity contribution >= 4 is 26.7 Å². The third kappa shape index (κ3) is 4.39. The summed E-state index contributed by atoms with van der Waals surface area (Å²) in [7, 11) is 0. The van der Waals surface area contributed by atoms with Crippen LogP contribution in [0.2, 0.25) is 0 Å². The maximum absolute atomic E-state index is 3.49. The predicted octanol–water partition coefficient (Wildman–Crippen LogP) is -5.05. The van der Waals surface area contributed by atoms with E-state index < -0.39 is 0 Å². The molecule has 0 heterocycles. The normalized spacial score (nSPS) is 8.19. The maximum Gasteiger partial charge on any atom is 4.00 e. The van der Waals surface area contributed by atoms with Crippen LogP contribution in [0.5, 0.6) is 0 Å². The third-order valence-corrected chi connectivity index (χ3v) is 2.75.